The number of hydrogen-bond acceptors (Lipinski definition) is 3. The number of hydrogen-bond donors (Lipinski definition) is 2. The van der Waals surface area contributed by atoms with Gasteiger partial charge in [0.15, 0.2) is 0 Å². The Morgan fingerprint density at radius 1 is 1.14 bits per heavy atom. The number of carbonyl (C=O) groups is 2. The first-order chi connectivity index (χ1) is 13.4. The predicted octanol–water partition coefficient (Wildman–Crippen LogP) is 4.51. The summed E-state index contributed by atoms with van der Waals surface area (Å²) in [6, 6.07) is 12.3. The number of aromatic amines is 1. The number of carboxylic acids is 1. The molecule has 3 aromatic rings. The van der Waals surface area contributed by atoms with Gasteiger partial charge in [0, 0.05) is 33.7 Å². The summed E-state index contributed by atoms with van der Waals surface area (Å²) in [6.07, 6.45) is -0.0526. The van der Waals surface area contributed by atoms with Gasteiger partial charge in [-0.1, -0.05) is 11.6 Å². The molecule has 0 aliphatic heterocycles. The number of likely N-dealkylation sites (N-methyl/N-ethyl adjacent to an activating group) is 1. The van der Waals surface area contributed by atoms with E-state index in [1.165, 1.54) is 0 Å². The van der Waals surface area contributed by atoms with Crippen LogP contribution in [0.5, 0.6) is 5.75 Å². The second kappa shape index (κ2) is 8.35. The number of aromatic carboxylic acids is 1. The zero-order valence-electron chi connectivity index (χ0n) is 15.7. The third-order valence-electron chi connectivity index (χ3n) is 4.49. The number of H-pyrrole nitrogens is 1. The van der Waals surface area contributed by atoms with Crippen molar-refractivity contribution in [3.63, 3.8) is 0 Å². The van der Waals surface area contributed by atoms with E-state index in [1.807, 2.05) is 38.1 Å². The Labute approximate surface area is 167 Å². The average Bonchev–Trinajstić information content (AvgIpc) is 3.02. The highest BCUT2D eigenvalue weighted by Crippen LogP contribution is 2.28. The third kappa shape index (κ3) is 3.97. The Bertz CT molecular complexity index is 1010. The summed E-state index contributed by atoms with van der Waals surface area (Å²) in [4.78, 5) is 29.2. The molecule has 0 unspecified atom stereocenters. The molecule has 1 heterocycles. The van der Waals surface area contributed by atoms with Crippen molar-refractivity contribution in [1.29, 1.82) is 0 Å². The van der Waals surface area contributed by atoms with Crippen molar-refractivity contribution in [1.82, 2.24) is 4.98 Å². The number of aromatic nitrogens is 1. The number of nitrogens with one attached hydrogen (secondary N) is 1. The van der Waals surface area contributed by atoms with Crippen LogP contribution in [0.15, 0.2) is 42.5 Å². The number of benzene rings is 2. The normalized spacial score (nSPS) is 10.8. The Morgan fingerprint density at radius 3 is 2.46 bits per heavy atom. The molecule has 3 rings (SSSR count). The fraction of sp³-hybridized carbons (Fsp3) is 0.238. The lowest BCUT2D eigenvalue weighted by Gasteiger charge is -2.21. The molecule has 7 heteroatoms. The first-order valence-corrected chi connectivity index (χ1v) is 9.39. The fourth-order valence-corrected chi connectivity index (χ4v) is 3.40. The second-order valence-electron chi connectivity index (χ2n) is 6.22. The maximum Gasteiger partial charge on any atom is 0.352 e. The summed E-state index contributed by atoms with van der Waals surface area (Å²) in [7, 11) is 0. The number of amides is 1. The van der Waals surface area contributed by atoms with Gasteiger partial charge in [0.2, 0.25) is 5.91 Å². The van der Waals surface area contributed by atoms with Crippen molar-refractivity contribution in [3.05, 3.63) is 58.7 Å². The molecule has 6 nitrogen and oxygen atoms in total. The number of halogens is 1. The van der Waals surface area contributed by atoms with Gasteiger partial charge in [-0.15, -0.1) is 0 Å². The summed E-state index contributed by atoms with van der Waals surface area (Å²) in [5, 5.41) is 10.7. The van der Waals surface area contributed by atoms with E-state index in [4.69, 9.17) is 16.3 Å². The molecule has 1 amide bonds. The van der Waals surface area contributed by atoms with Gasteiger partial charge < -0.3 is 19.7 Å². The van der Waals surface area contributed by atoms with Crippen molar-refractivity contribution in [2.75, 3.05) is 18.1 Å². The number of rotatable bonds is 7. The molecule has 146 valence electrons. The van der Waals surface area contributed by atoms with Crippen LogP contribution in [0, 0.1) is 0 Å². The molecule has 0 bridgehead atoms. The minimum absolute atomic E-state index is 0.00774. The average molecular weight is 401 g/mol. The second-order valence-corrected chi connectivity index (χ2v) is 6.65. The smallest absolute Gasteiger partial charge is 0.352 e. The van der Waals surface area contributed by atoms with E-state index < -0.39 is 5.97 Å². The highest BCUT2D eigenvalue weighted by molar-refractivity contribution is 6.31. The summed E-state index contributed by atoms with van der Waals surface area (Å²) >= 11 is 6.07. The first-order valence-electron chi connectivity index (χ1n) is 9.01. The van der Waals surface area contributed by atoms with Gasteiger partial charge in [-0.25, -0.2) is 4.79 Å². The molecule has 2 aromatic carbocycles. The van der Waals surface area contributed by atoms with E-state index >= 15 is 0 Å². The molecule has 28 heavy (non-hydrogen) atoms. The molecule has 2 N–H and O–H groups in total. The number of ether oxygens (including phenoxy) is 1. The summed E-state index contributed by atoms with van der Waals surface area (Å²) in [5.41, 5.74) is 1.80. The van der Waals surface area contributed by atoms with Crippen LogP contribution in [0.2, 0.25) is 5.02 Å². The summed E-state index contributed by atoms with van der Waals surface area (Å²) in [5.74, 6) is -0.580. The van der Waals surface area contributed by atoms with Gasteiger partial charge in [-0.2, -0.15) is 0 Å². The molecule has 1 aromatic heterocycles. The predicted molar refractivity (Wildman–Crippen MR) is 110 cm³/mol. The largest absolute Gasteiger partial charge is 0.494 e. The molecular formula is C21H21ClN2O4. The van der Waals surface area contributed by atoms with E-state index in [2.05, 4.69) is 4.98 Å². The molecule has 0 saturated heterocycles. The van der Waals surface area contributed by atoms with Crippen LogP contribution < -0.4 is 9.64 Å². The van der Waals surface area contributed by atoms with E-state index in [0.29, 0.717) is 34.6 Å². The van der Waals surface area contributed by atoms with Crippen LogP contribution >= 0.6 is 11.6 Å². The highest BCUT2D eigenvalue weighted by atomic mass is 35.5. The molecule has 0 spiro atoms. The quantitative estimate of drug-likeness (QED) is 0.611. The van der Waals surface area contributed by atoms with Crippen LogP contribution in [-0.4, -0.2) is 35.1 Å². The lowest BCUT2D eigenvalue weighted by Crippen LogP contribution is -2.32. The van der Waals surface area contributed by atoms with Crippen molar-refractivity contribution in [2.45, 2.75) is 20.3 Å². The molecule has 0 aliphatic carbocycles. The van der Waals surface area contributed by atoms with Gasteiger partial charge in [-0.05, 0) is 56.3 Å². The maximum absolute atomic E-state index is 13.0. The fourth-order valence-electron chi connectivity index (χ4n) is 3.22. The number of carboxylic acid groups (broad SMARTS) is 1. The highest BCUT2D eigenvalue weighted by Gasteiger charge is 2.22. The van der Waals surface area contributed by atoms with Crippen LogP contribution in [0.1, 0.15) is 29.9 Å². The number of nitrogens with zero attached hydrogens (tertiary/aromatic N) is 1. The minimum Gasteiger partial charge on any atom is -0.494 e. The molecule has 0 radical (unpaired) electrons. The minimum atomic E-state index is -1.11. The molecule has 0 saturated carbocycles. The van der Waals surface area contributed by atoms with Gasteiger partial charge in [0.05, 0.1) is 13.0 Å². The van der Waals surface area contributed by atoms with Gasteiger partial charge in [0.25, 0.3) is 0 Å². The molecule has 0 fully saturated rings. The van der Waals surface area contributed by atoms with Crippen molar-refractivity contribution in [3.8, 4) is 5.75 Å². The van der Waals surface area contributed by atoms with Gasteiger partial charge >= 0.3 is 5.97 Å². The van der Waals surface area contributed by atoms with Crippen LogP contribution in [0.25, 0.3) is 10.9 Å². The van der Waals surface area contributed by atoms with E-state index in [-0.39, 0.29) is 18.0 Å². The molecule has 0 atom stereocenters. The molecule has 0 aliphatic rings. The Morgan fingerprint density at radius 2 is 1.86 bits per heavy atom. The van der Waals surface area contributed by atoms with Gasteiger partial charge in [0.1, 0.15) is 11.4 Å². The van der Waals surface area contributed by atoms with E-state index in [9.17, 15) is 14.7 Å². The topological polar surface area (TPSA) is 82.6 Å². The maximum atomic E-state index is 13.0. The summed E-state index contributed by atoms with van der Waals surface area (Å²) in [6.45, 7) is 4.80. The number of anilines is 1. The zero-order chi connectivity index (χ0) is 20.3. The van der Waals surface area contributed by atoms with Crippen LogP contribution in [-0.2, 0) is 11.2 Å². The SMILES string of the molecule is CCOc1ccc(N(CC)C(=O)Cc2c(C(=O)O)[nH]c3ccc(Cl)cc23)cc1. The third-order valence-corrected chi connectivity index (χ3v) is 4.72. The first kappa shape index (κ1) is 19.8. The van der Waals surface area contributed by atoms with Gasteiger partial charge in [-0.3, -0.25) is 4.79 Å². The van der Waals surface area contributed by atoms with Crippen LogP contribution in [0.4, 0.5) is 5.69 Å². The Balaban J connectivity index is 1.93. The zero-order valence-corrected chi connectivity index (χ0v) is 16.4. The van der Waals surface area contributed by atoms with Crippen molar-refractivity contribution < 1.29 is 19.4 Å². The Kier molecular flexibility index (Phi) is 5.90. The summed E-state index contributed by atoms with van der Waals surface area (Å²) < 4.78 is 5.44. The van der Waals surface area contributed by atoms with E-state index in [1.54, 1.807) is 23.1 Å². The standard InChI is InChI=1S/C21H21ClN2O4/c1-3-24(14-6-8-15(9-7-14)28-4-2)19(25)12-17-16-11-13(22)5-10-18(16)23-20(17)21(26)27/h5-11,23H,3-4,12H2,1-2H3,(H,26,27). The lowest BCUT2D eigenvalue weighted by atomic mass is 10.1. The number of carbonyl (C=O) groups excluding carboxylic acids is 1. The lowest BCUT2D eigenvalue weighted by molar-refractivity contribution is -0.117. The van der Waals surface area contributed by atoms with Crippen molar-refractivity contribution >= 4 is 40.1 Å². The molecular weight excluding hydrogens is 380 g/mol. The monoisotopic (exact) mass is 400 g/mol. The van der Waals surface area contributed by atoms with Crippen molar-refractivity contribution in [2.24, 2.45) is 0 Å². The Hall–Kier alpha value is -2.99. The van der Waals surface area contributed by atoms with E-state index in [0.717, 1.165) is 11.4 Å². The van der Waals surface area contributed by atoms with Crippen LogP contribution in [0.3, 0.4) is 0 Å². The number of fused-ring (bicyclic) bond motifs is 1.